The fraction of sp³-hybridized carbons (Fsp3) is 0.568. The summed E-state index contributed by atoms with van der Waals surface area (Å²) in [4.78, 5) is 51.1. The molecular weight excluding hydrogens is 743 g/mol. The molecular formula is C37H51N3O12S2. The predicted octanol–water partition coefficient (Wildman–Crippen LogP) is 4.96. The Labute approximate surface area is 323 Å². The molecule has 0 saturated carbocycles. The third-order valence-corrected chi connectivity index (χ3v) is 11.3. The highest BCUT2D eigenvalue weighted by Gasteiger charge is 2.33. The van der Waals surface area contributed by atoms with E-state index in [2.05, 4.69) is 53.6 Å². The van der Waals surface area contributed by atoms with Crippen LogP contribution in [-0.2, 0) is 42.8 Å². The molecule has 1 atom stereocenters. The van der Waals surface area contributed by atoms with Crippen LogP contribution < -0.4 is 10.6 Å². The molecule has 1 saturated heterocycles. The molecule has 1 aliphatic heterocycles. The molecule has 54 heavy (non-hydrogen) atoms. The summed E-state index contributed by atoms with van der Waals surface area (Å²) in [6.07, 6.45) is -0.806. The van der Waals surface area contributed by atoms with Crippen LogP contribution in [0, 0.1) is 0 Å². The average Bonchev–Trinajstić information content (AvgIpc) is 3.65. The Morgan fingerprint density at radius 2 is 1.46 bits per heavy atom. The van der Waals surface area contributed by atoms with Gasteiger partial charge in [-0.3, -0.25) is 19.7 Å². The molecule has 1 unspecified atom stereocenters. The van der Waals surface area contributed by atoms with Gasteiger partial charge in [-0.25, -0.2) is 9.59 Å². The summed E-state index contributed by atoms with van der Waals surface area (Å²) in [5.74, 6) is -0.582. The van der Waals surface area contributed by atoms with Crippen LogP contribution in [0.4, 0.5) is 9.59 Å². The first-order valence-electron chi connectivity index (χ1n) is 18.0. The number of amides is 3. The number of ether oxygens (including phenoxy) is 6. The van der Waals surface area contributed by atoms with Crippen molar-refractivity contribution in [1.82, 2.24) is 15.7 Å². The number of nitrogens with one attached hydrogen (secondary N) is 2. The number of alkyl carbamates (subject to hydrolysis) is 1. The normalized spacial score (nSPS) is 14.5. The zero-order valence-corrected chi connectivity index (χ0v) is 32.4. The van der Waals surface area contributed by atoms with Gasteiger partial charge in [-0.2, -0.15) is 0 Å². The molecule has 2 aliphatic rings. The van der Waals surface area contributed by atoms with Crippen molar-refractivity contribution in [1.29, 1.82) is 0 Å². The molecule has 2 aromatic rings. The van der Waals surface area contributed by atoms with E-state index in [4.69, 9.17) is 28.4 Å². The molecule has 3 amide bonds. The SMILES string of the molecule is CC(C)(CCOC(=O)NCCOCCOCCNC(O)OCC1c2ccccc2-c2ccccc21)SSCOCCCCOC(=O)ON1C(=O)CCC1=O. The Kier molecular flexibility index (Phi) is 18.8. The van der Waals surface area contributed by atoms with Crippen LogP contribution in [0.25, 0.3) is 11.1 Å². The lowest BCUT2D eigenvalue weighted by Gasteiger charge is -2.22. The fourth-order valence-corrected chi connectivity index (χ4v) is 7.74. The number of carbonyl (C=O) groups is 4. The number of rotatable bonds is 26. The Morgan fingerprint density at radius 1 is 0.833 bits per heavy atom. The second-order valence-electron chi connectivity index (χ2n) is 12.9. The van der Waals surface area contributed by atoms with Crippen LogP contribution in [0.2, 0.25) is 0 Å². The molecule has 0 radical (unpaired) electrons. The number of fused-ring (bicyclic) bond motifs is 3. The van der Waals surface area contributed by atoms with Crippen LogP contribution in [0.3, 0.4) is 0 Å². The zero-order chi connectivity index (χ0) is 38.6. The molecule has 1 fully saturated rings. The number of unbranched alkanes of at least 4 members (excludes halogenated alkanes) is 1. The van der Waals surface area contributed by atoms with Crippen molar-refractivity contribution in [2.45, 2.75) is 63.0 Å². The number of nitrogens with zero attached hydrogens (tertiary/aromatic N) is 1. The van der Waals surface area contributed by atoms with Gasteiger partial charge in [0.15, 0.2) is 0 Å². The summed E-state index contributed by atoms with van der Waals surface area (Å²) in [5, 5.41) is 16.3. The summed E-state index contributed by atoms with van der Waals surface area (Å²) in [5.41, 5.74) is 4.82. The molecule has 1 aliphatic carbocycles. The highest BCUT2D eigenvalue weighted by molar-refractivity contribution is 8.77. The first-order valence-corrected chi connectivity index (χ1v) is 20.3. The van der Waals surface area contributed by atoms with Gasteiger partial charge in [0.25, 0.3) is 11.8 Å². The Balaban J connectivity index is 0.889. The van der Waals surface area contributed by atoms with Crippen molar-refractivity contribution in [3.8, 4) is 11.1 Å². The lowest BCUT2D eigenvalue weighted by atomic mass is 9.98. The summed E-state index contributed by atoms with van der Waals surface area (Å²) >= 11 is 0. The van der Waals surface area contributed by atoms with Crippen molar-refractivity contribution in [3.05, 3.63) is 59.7 Å². The number of hydrogen-bond donors (Lipinski definition) is 3. The Hall–Kier alpha value is -3.42. The van der Waals surface area contributed by atoms with Crippen LogP contribution >= 0.6 is 21.6 Å². The molecule has 298 valence electrons. The third kappa shape index (κ3) is 15.0. The van der Waals surface area contributed by atoms with E-state index in [1.165, 1.54) is 22.3 Å². The van der Waals surface area contributed by atoms with Gasteiger partial charge in [0, 0.05) is 43.2 Å². The largest absolute Gasteiger partial charge is 0.533 e. The number of aliphatic hydroxyl groups excluding tert-OH is 1. The van der Waals surface area contributed by atoms with Crippen molar-refractivity contribution < 1.29 is 57.5 Å². The van der Waals surface area contributed by atoms with Gasteiger partial charge in [0.05, 0.1) is 46.2 Å². The van der Waals surface area contributed by atoms with E-state index >= 15 is 0 Å². The molecule has 17 heteroatoms. The van der Waals surface area contributed by atoms with Gasteiger partial charge in [-0.05, 0) is 55.4 Å². The molecule has 15 nitrogen and oxygen atoms in total. The lowest BCUT2D eigenvalue weighted by Crippen LogP contribution is -2.35. The number of hydrogen-bond acceptors (Lipinski definition) is 15. The first-order chi connectivity index (χ1) is 26.1. The van der Waals surface area contributed by atoms with Gasteiger partial charge in [-0.1, -0.05) is 75.2 Å². The summed E-state index contributed by atoms with van der Waals surface area (Å²) in [6, 6.07) is 16.6. The van der Waals surface area contributed by atoms with Gasteiger partial charge < -0.3 is 38.8 Å². The quantitative estimate of drug-likeness (QED) is 0.0382. The van der Waals surface area contributed by atoms with Crippen LogP contribution in [0.15, 0.2) is 48.5 Å². The van der Waals surface area contributed by atoms with E-state index in [-0.39, 0.29) is 36.7 Å². The molecule has 0 spiro atoms. The Morgan fingerprint density at radius 3 is 2.15 bits per heavy atom. The second kappa shape index (κ2) is 23.5. The maximum absolute atomic E-state index is 12.0. The Bertz CT molecular complexity index is 1440. The van der Waals surface area contributed by atoms with Gasteiger partial charge in [0.2, 0.25) is 6.41 Å². The van der Waals surface area contributed by atoms with Crippen LogP contribution in [0.1, 0.15) is 63.0 Å². The van der Waals surface area contributed by atoms with Crippen LogP contribution in [0.5, 0.6) is 0 Å². The first kappa shape index (κ1) is 43.3. The van der Waals surface area contributed by atoms with Gasteiger partial charge in [-0.15, -0.1) is 0 Å². The topological polar surface area (TPSA) is 180 Å². The smallest absolute Gasteiger partial charge is 0.450 e. The third-order valence-electron chi connectivity index (χ3n) is 8.26. The molecule has 1 heterocycles. The van der Waals surface area contributed by atoms with E-state index in [1.54, 1.807) is 21.6 Å². The molecule has 3 N–H and O–H groups in total. The van der Waals surface area contributed by atoms with E-state index < -0.39 is 30.5 Å². The summed E-state index contributed by atoms with van der Waals surface area (Å²) < 4.78 is 32.4. The molecule has 2 aromatic carbocycles. The van der Waals surface area contributed by atoms with Crippen molar-refractivity contribution in [3.63, 3.8) is 0 Å². The van der Waals surface area contributed by atoms with E-state index in [1.807, 2.05) is 24.3 Å². The molecule has 0 aromatic heterocycles. The summed E-state index contributed by atoms with van der Waals surface area (Å²) in [7, 11) is 3.19. The number of carbonyl (C=O) groups excluding carboxylic acids is 4. The maximum atomic E-state index is 12.0. The minimum Gasteiger partial charge on any atom is -0.450 e. The summed E-state index contributed by atoms with van der Waals surface area (Å²) in [6.45, 7) is 7.43. The second-order valence-corrected chi connectivity index (χ2v) is 15.8. The minimum absolute atomic E-state index is 0.0255. The van der Waals surface area contributed by atoms with E-state index in [0.717, 1.165) is 0 Å². The van der Waals surface area contributed by atoms with Crippen LogP contribution in [-0.4, -0.2) is 117 Å². The predicted molar refractivity (Wildman–Crippen MR) is 202 cm³/mol. The highest BCUT2D eigenvalue weighted by Crippen LogP contribution is 2.44. The van der Waals surface area contributed by atoms with E-state index in [0.29, 0.717) is 83.0 Å². The van der Waals surface area contributed by atoms with Crippen molar-refractivity contribution in [2.75, 3.05) is 71.9 Å². The zero-order valence-electron chi connectivity index (χ0n) is 30.8. The van der Waals surface area contributed by atoms with E-state index in [9.17, 15) is 24.3 Å². The number of aliphatic hydroxyl groups is 1. The molecule has 4 rings (SSSR count). The minimum atomic E-state index is -1.11. The molecule has 0 bridgehead atoms. The number of hydroxylamine groups is 2. The number of imide groups is 1. The van der Waals surface area contributed by atoms with Gasteiger partial charge in [0.1, 0.15) is 5.94 Å². The lowest BCUT2D eigenvalue weighted by molar-refractivity contribution is -0.177. The van der Waals surface area contributed by atoms with Crippen molar-refractivity contribution in [2.24, 2.45) is 0 Å². The standard InChI is InChI=1S/C37H51N3O12S2/c1-37(2,54-53-26-48-18-7-8-19-50-36(45)52-40-32(41)13-14-33(40)42)15-20-49-34(43)38-16-21-46-23-24-47-22-17-39-35(44)51-25-31-29-11-5-3-9-27(29)28-10-4-6-12-30(28)31/h3-6,9-12,31,35,39,44H,7-8,13-26H2,1-2H3,(H,38,43). The van der Waals surface area contributed by atoms with Crippen molar-refractivity contribution >= 4 is 45.7 Å². The average molecular weight is 794 g/mol. The van der Waals surface area contributed by atoms with Gasteiger partial charge >= 0.3 is 12.2 Å². The fourth-order valence-electron chi connectivity index (χ4n) is 5.47. The maximum Gasteiger partial charge on any atom is 0.533 e. The highest BCUT2D eigenvalue weighted by atomic mass is 33.1. The number of benzene rings is 2. The monoisotopic (exact) mass is 793 g/mol.